The summed E-state index contributed by atoms with van der Waals surface area (Å²) in [6.07, 6.45) is 1.47. The molecule has 60 valence electrons. The Morgan fingerprint density at radius 2 is 2.00 bits per heavy atom. The van der Waals surface area contributed by atoms with Crippen LogP contribution >= 0.6 is 0 Å². The van der Waals surface area contributed by atoms with Gasteiger partial charge in [-0.15, -0.1) is 0 Å². The van der Waals surface area contributed by atoms with E-state index in [0.717, 1.165) is 5.39 Å². The standard InChI is InChI=1S/C9H7FN2/c10-9-8(11)7-4-2-1-3-6(7)5-12-9/h1-5H,11H2. The number of nitrogens with two attached hydrogens (primary N) is 1. The van der Waals surface area contributed by atoms with Gasteiger partial charge in [0.05, 0.1) is 5.69 Å². The Hall–Kier alpha value is -1.64. The average molecular weight is 162 g/mol. The molecular formula is C9H7FN2. The molecule has 12 heavy (non-hydrogen) atoms. The number of halogens is 1. The first kappa shape index (κ1) is 7.03. The van der Waals surface area contributed by atoms with E-state index in [4.69, 9.17) is 5.73 Å². The highest BCUT2D eigenvalue weighted by Gasteiger charge is 2.02. The molecule has 0 radical (unpaired) electrons. The topological polar surface area (TPSA) is 38.9 Å². The van der Waals surface area contributed by atoms with Gasteiger partial charge in [0, 0.05) is 17.0 Å². The first-order valence-electron chi connectivity index (χ1n) is 3.58. The second-order valence-corrected chi connectivity index (χ2v) is 2.55. The minimum atomic E-state index is -0.603. The molecule has 0 amide bonds. The van der Waals surface area contributed by atoms with Crippen LogP contribution in [0.3, 0.4) is 0 Å². The number of benzene rings is 1. The summed E-state index contributed by atoms with van der Waals surface area (Å²) in [6.45, 7) is 0. The summed E-state index contributed by atoms with van der Waals surface area (Å²) in [5.74, 6) is -0.603. The monoisotopic (exact) mass is 162 g/mol. The lowest BCUT2D eigenvalue weighted by molar-refractivity contribution is 0.591. The number of rotatable bonds is 0. The van der Waals surface area contributed by atoms with Crippen molar-refractivity contribution in [1.82, 2.24) is 4.98 Å². The Morgan fingerprint density at radius 1 is 1.25 bits per heavy atom. The molecule has 0 saturated carbocycles. The zero-order valence-corrected chi connectivity index (χ0v) is 6.29. The molecule has 1 aromatic heterocycles. The van der Waals surface area contributed by atoms with Gasteiger partial charge in [-0.2, -0.15) is 4.39 Å². The molecule has 2 nitrogen and oxygen atoms in total. The smallest absolute Gasteiger partial charge is 0.236 e. The maximum Gasteiger partial charge on any atom is 0.236 e. The summed E-state index contributed by atoms with van der Waals surface area (Å²) in [6, 6.07) is 7.30. The highest BCUT2D eigenvalue weighted by atomic mass is 19.1. The summed E-state index contributed by atoms with van der Waals surface area (Å²) in [4.78, 5) is 3.52. The molecule has 0 spiro atoms. The zero-order chi connectivity index (χ0) is 8.55. The van der Waals surface area contributed by atoms with Crippen LogP contribution in [0.4, 0.5) is 10.1 Å². The van der Waals surface area contributed by atoms with Crippen molar-refractivity contribution >= 4 is 16.5 Å². The van der Waals surface area contributed by atoms with Gasteiger partial charge in [0.25, 0.3) is 0 Å². The van der Waals surface area contributed by atoms with Crippen LogP contribution in [0.5, 0.6) is 0 Å². The molecule has 2 N–H and O–H groups in total. The molecule has 0 aliphatic carbocycles. The minimum absolute atomic E-state index is 0.119. The lowest BCUT2D eigenvalue weighted by Gasteiger charge is -2.00. The lowest BCUT2D eigenvalue weighted by atomic mass is 10.1. The van der Waals surface area contributed by atoms with Crippen LogP contribution in [-0.2, 0) is 0 Å². The van der Waals surface area contributed by atoms with Crippen LogP contribution in [0, 0.1) is 5.95 Å². The Morgan fingerprint density at radius 3 is 2.83 bits per heavy atom. The van der Waals surface area contributed by atoms with Gasteiger partial charge in [-0.05, 0) is 0 Å². The van der Waals surface area contributed by atoms with Crippen LogP contribution in [0.15, 0.2) is 30.5 Å². The largest absolute Gasteiger partial charge is 0.395 e. The van der Waals surface area contributed by atoms with Crippen molar-refractivity contribution in [1.29, 1.82) is 0 Å². The van der Waals surface area contributed by atoms with Crippen molar-refractivity contribution < 1.29 is 4.39 Å². The number of fused-ring (bicyclic) bond motifs is 1. The van der Waals surface area contributed by atoms with Gasteiger partial charge < -0.3 is 5.73 Å². The van der Waals surface area contributed by atoms with Crippen molar-refractivity contribution in [2.75, 3.05) is 5.73 Å². The number of anilines is 1. The lowest BCUT2D eigenvalue weighted by Crippen LogP contribution is -1.94. The van der Waals surface area contributed by atoms with Crippen molar-refractivity contribution in [3.63, 3.8) is 0 Å². The number of hydrogen-bond acceptors (Lipinski definition) is 2. The van der Waals surface area contributed by atoms with E-state index in [1.54, 1.807) is 6.07 Å². The van der Waals surface area contributed by atoms with Gasteiger partial charge in [0.2, 0.25) is 5.95 Å². The van der Waals surface area contributed by atoms with Crippen molar-refractivity contribution in [3.8, 4) is 0 Å². The summed E-state index contributed by atoms with van der Waals surface area (Å²) in [5.41, 5.74) is 5.60. The summed E-state index contributed by atoms with van der Waals surface area (Å²) in [5, 5.41) is 1.57. The quantitative estimate of drug-likeness (QED) is 0.601. The van der Waals surface area contributed by atoms with Crippen LogP contribution in [0.2, 0.25) is 0 Å². The second kappa shape index (κ2) is 2.44. The van der Waals surface area contributed by atoms with Crippen molar-refractivity contribution in [2.45, 2.75) is 0 Å². The Balaban J connectivity index is 2.91. The maximum absolute atomic E-state index is 12.8. The molecule has 0 fully saturated rings. The van der Waals surface area contributed by atoms with Crippen LogP contribution in [0.1, 0.15) is 0 Å². The van der Waals surface area contributed by atoms with Gasteiger partial charge in [-0.1, -0.05) is 24.3 Å². The molecule has 0 saturated heterocycles. The van der Waals surface area contributed by atoms with E-state index in [0.29, 0.717) is 5.39 Å². The van der Waals surface area contributed by atoms with Crippen LogP contribution in [-0.4, -0.2) is 4.98 Å². The van der Waals surface area contributed by atoms with Crippen LogP contribution in [0.25, 0.3) is 10.8 Å². The third-order valence-electron chi connectivity index (χ3n) is 1.79. The summed E-state index contributed by atoms with van der Waals surface area (Å²) >= 11 is 0. The second-order valence-electron chi connectivity index (χ2n) is 2.55. The molecule has 0 unspecified atom stereocenters. The fourth-order valence-corrected chi connectivity index (χ4v) is 1.16. The van der Waals surface area contributed by atoms with E-state index in [1.165, 1.54) is 6.20 Å². The third-order valence-corrected chi connectivity index (χ3v) is 1.79. The first-order valence-corrected chi connectivity index (χ1v) is 3.58. The number of aromatic nitrogens is 1. The normalized spacial score (nSPS) is 10.4. The SMILES string of the molecule is Nc1c(F)ncc2ccccc12. The zero-order valence-electron chi connectivity index (χ0n) is 6.29. The predicted molar refractivity (Wildman–Crippen MR) is 46.1 cm³/mol. The number of nitrogens with zero attached hydrogens (tertiary/aromatic N) is 1. The molecule has 1 aromatic carbocycles. The van der Waals surface area contributed by atoms with E-state index >= 15 is 0 Å². The summed E-state index contributed by atoms with van der Waals surface area (Å²) in [7, 11) is 0. The van der Waals surface area contributed by atoms with Gasteiger partial charge in [-0.25, -0.2) is 4.98 Å². The van der Waals surface area contributed by atoms with Crippen molar-refractivity contribution in [3.05, 3.63) is 36.4 Å². The van der Waals surface area contributed by atoms with E-state index in [-0.39, 0.29) is 5.69 Å². The van der Waals surface area contributed by atoms with Gasteiger partial charge >= 0.3 is 0 Å². The maximum atomic E-state index is 12.8. The molecule has 1 heterocycles. The number of nitrogen functional groups attached to an aromatic ring is 1. The molecule has 0 aliphatic heterocycles. The fraction of sp³-hybridized carbons (Fsp3) is 0. The third kappa shape index (κ3) is 0.906. The fourth-order valence-electron chi connectivity index (χ4n) is 1.16. The molecule has 0 aliphatic rings. The van der Waals surface area contributed by atoms with E-state index in [2.05, 4.69) is 4.98 Å². The van der Waals surface area contributed by atoms with Gasteiger partial charge in [-0.3, -0.25) is 0 Å². The Kier molecular flexibility index (Phi) is 1.43. The van der Waals surface area contributed by atoms with E-state index in [9.17, 15) is 4.39 Å². The molecular weight excluding hydrogens is 155 g/mol. The molecule has 0 atom stereocenters. The Labute approximate surface area is 68.8 Å². The van der Waals surface area contributed by atoms with Gasteiger partial charge in [0.15, 0.2) is 0 Å². The van der Waals surface area contributed by atoms with Crippen molar-refractivity contribution in [2.24, 2.45) is 0 Å². The number of hydrogen-bond donors (Lipinski definition) is 1. The summed E-state index contributed by atoms with van der Waals surface area (Å²) < 4.78 is 12.8. The molecule has 2 aromatic rings. The van der Waals surface area contributed by atoms with Crippen LogP contribution < -0.4 is 5.73 Å². The highest BCUT2D eigenvalue weighted by Crippen LogP contribution is 2.20. The molecule has 2 rings (SSSR count). The van der Waals surface area contributed by atoms with E-state index < -0.39 is 5.95 Å². The minimum Gasteiger partial charge on any atom is -0.395 e. The molecule has 3 heteroatoms. The number of pyridine rings is 1. The highest BCUT2D eigenvalue weighted by molar-refractivity contribution is 5.91. The van der Waals surface area contributed by atoms with E-state index in [1.807, 2.05) is 18.2 Å². The average Bonchev–Trinajstić information content (AvgIpc) is 2.12. The Bertz CT molecular complexity index is 426. The molecule has 0 bridgehead atoms. The predicted octanol–water partition coefficient (Wildman–Crippen LogP) is 1.96. The first-order chi connectivity index (χ1) is 5.79. The van der Waals surface area contributed by atoms with Gasteiger partial charge in [0.1, 0.15) is 0 Å².